The zero-order valence-corrected chi connectivity index (χ0v) is 22.1. The van der Waals surface area contributed by atoms with Gasteiger partial charge in [0.1, 0.15) is 0 Å². The highest BCUT2D eigenvalue weighted by Gasteiger charge is 2.51. The monoisotopic (exact) mass is 516 g/mol. The van der Waals surface area contributed by atoms with Crippen LogP contribution in [0.25, 0.3) is 0 Å². The van der Waals surface area contributed by atoms with E-state index in [0.717, 1.165) is 47.8 Å². The number of nitrogens with one attached hydrogen (secondary N) is 2. The highest BCUT2D eigenvalue weighted by molar-refractivity contribution is 7.80. The largest absolute Gasteiger partial charge is 0.366 e. The fraction of sp³-hybridized carbons (Fsp3) is 0.500. The van der Waals surface area contributed by atoms with Crippen molar-refractivity contribution in [2.75, 3.05) is 36.4 Å². The Kier molecular flexibility index (Phi) is 6.65. The van der Waals surface area contributed by atoms with Crippen LogP contribution in [0.5, 0.6) is 0 Å². The molecule has 5 aliphatic rings. The number of thiocarbonyl (C=S) groups is 1. The van der Waals surface area contributed by atoms with Gasteiger partial charge in [0.2, 0.25) is 5.91 Å². The summed E-state index contributed by atoms with van der Waals surface area (Å²) in [5.41, 5.74) is 2.84. The van der Waals surface area contributed by atoms with Crippen molar-refractivity contribution in [1.29, 1.82) is 0 Å². The summed E-state index contributed by atoms with van der Waals surface area (Å²) in [5.74, 6) is 2.62. The van der Waals surface area contributed by atoms with Gasteiger partial charge in [-0.2, -0.15) is 0 Å². The van der Waals surface area contributed by atoms with Crippen molar-refractivity contribution in [2.24, 2.45) is 23.2 Å². The number of piperazine rings is 1. The predicted molar refractivity (Wildman–Crippen MR) is 151 cm³/mol. The highest BCUT2D eigenvalue weighted by Crippen LogP contribution is 2.61. The molecule has 2 aromatic rings. The fourth-order valence-electron chi connectivity index (χ4n) is 7.94. The third-order valence-corrected chi connectivity index (χ3v) is 9.24. The molecule has 1 saturated heterocycles. The van der Waals surface area contributed by atoms with Crippen molar-refractivity contribution in [1.82, 2.24) is 10.2 Å². The summed E-state index contributed by atoms with van der Waals surface area (Å²) < 4.78 is 0. The van der Waals surface area contributed by atoms with Crippen molar-refractivity contribution < 1.29 is 9.59 Å². The van der Waals surface area contributed by atoms with Crippen molar-refractivity contribution in [3.05, 3.63) is 60.2 Å². The van der Waals surface area contributed by atoms with Gasteiger partial charge in [-0.15, -0.1) is 0 Å². The lowest BCUT2D eigenvalue weighted by Gasteiger charge is -2.56. The number of benzene rings is 2. The quantitative estimate of drug-likeness (QED) is 0.544. The maximum absolute atomic E-state index is 13.0. The van der Waals surface area contributed by atoms with Crippen LogP contribution in [0.15, 0.2) is 54.6 Å². The Balaban J connectivity index is 1.04. The Labute approximate surface area is 224 Å². The topological polar surface area (TPSA) is 64.7 Å². The van der Waals surface area contributed by atoms with E-state index in [4.69, 9.17) is 12.2 Å². The summed E-state index contributed by atoms with van der Waals surface area (Å²) >= 11 is 5.58. The molecule has 4 aliphatic carbocycles. The summed E-state index contributed by atoms with van der Waals surface area (Å²) in [4.78, 5) is 30.1. The third-order valence-electron chi connectivity index (χ3n) is 9.03. The zero-order valence-electron chi connectivity index (χ0n) is 21.3. The van der Waals surface area contributed by atoms with Crippen LogP contribution < -0.4 is 15.5 Å². The number of amides is 2. The number of para-hydroxylation sites is 2. The average Bonchev–Trinajstić information content (AvgIpc) is 2.88. The first-order chi connectivity index (χ1) is 18.0. The lowest BCUT2D eigenvalue weighted by atomic mass is 9.49. The van der Waals surface area contributed by atoms with Crippen LogP contribution in [-0.4, -0.2) is 48.0 Å². The van der Waals surface area contributed by atoms with Crippen LogP contribution in [0.4, 0.5) is 11.4 Å². The molecule has 0 spiro atoms. The number of rotatable bonds is 5. The van der Waals surface area contributed by atoms with E-state index in [1.54, 1.807) is 0 Å². The molecule has 1 aliphatic heterocycles. The Morgan fingerprint density at radius 2 is 1.43 bits per heavy atom. The SMILES string of the molecule is O=C(CC12CC3CC(CC(C3)C1)C2)NC(=S)Nc1ccccc1N1CCN(C(=O)c2ccccc2)CC1. The van der Waals surface area contributed by atoms with Crippen molar-refractivity contribution in [2.45, 2.75) is 44.9 Å². The molecule has 2 aromatic carbocycles. The van der Waals surface area contributed by atoms with Crippen LogP contribution >= 0.6 is 12.2 Å². The molecule has 7 heteroatoms. The van der Waals surface area contributed by atoms with Gasteiger partial charge in [-0.3, -0.25) is 9.59 Å². The fourth-order valence-corrected chi connectivity index (χ4v) is 8.16. The zero-order chi connectivity index (χ0) is 25.4. The van der Waals surface area contributed by atoms with E-state index in [-0.39, 0.29) is 17.2 Å². The molecular formula is C30H36N4O2S. The predicted octanol–water partition coefficient (Wildman–Crippen LogP) is 5.07. The Morgan fingerprint density at radius 3 is 2.08 bits per heavy atom. The van der Waals surface area contributed by atoms with Crippen molar-refractivity contribution in [3.8, 4) is 0 Å². The van der Waals surface area contributed by atoms with E-state index in [1.165, 1.54) is 38.5 Å². The van der Waals surface area contributed by atoms with Gasteiger partial charge in [-0.25, -0.2) is 0 Å². The van der Waals surface area contributed by atoms with Crippen LogP contribution in [0, 0.1) is 23.2 Å². The number of carbonyl (C=O) groups excluding carboxylic acids is 2. The molecule has 2 N–H and O–H groups in total. The summed E-state index contributed by atoms with van der Waals surface area (Å²) in [6.07, 6.45) is 8.39. The molecule has 4 bridgehead atoms. The number of hydrogen-bond acceptors (Lipinski definition) is 4. The molecule has 5 fully saturated rings. The first-order valence-corrected chi connectivity index (χ1v) is 14.2. The molecule has 0 unspecified atom stereocenters. The molecule has 0 radical (unpaired) electrons. The summed E-state index contributed by atoms with van der Waals surface area (Å²) in [6, 6.07) is 17.5. The highest BCUT2D eigenvalue weighted by atomic mass is 32.1. The molecule has 6 nitrogen and oxygen atoms in total. The Morgan fingerprint density at radius 1 is 0.838 bits per heavy atom. The van der Waals surface area contributed by atoms with Gasteiger partial charge in [0.25, 0.3) is 5.91 Å². The van der Waals surface area contributed by atoms with E-state index in [2.05, 4.69) is 21.6 Å². The number of anilines is 2. The molecule has 7 rings (SSSR count). The minimum Gasteiger partial charge on any atom is -0.366 e. The second-order valence-corrected chi connectivity index (χ2v) is 12.2. The first kappa shape index (κ1) is 24.4. The minimum atomic E-state index is 0.0463. The standard InChI is InChI=1S/C30H36N4O2S/c35-27(20-30-17-21-14-22(18-30)16-23(15-21)19-30)32-29(37)31-25-8-4-5-9-26(25)33-10-12-34(13-11-33)28(36)24-6-2-1-3-7-24/h1-9,21-23H,10-20H2,(H2,31,32,35,37). The van der Waals surface area contributed by atoms with Crippen LogP contribution in [0.1, 0.15) is 55.3 Å². The van der Waals surface area contributed by atoms with E-state index in [1.807, 2.05) is 53.4 Å². The number of carbonyl (C=O) groups is 2. The van der Waals surface area contributed by atoms with Crippen molar-refractivity contribution in [3.63, 3.8) is 0 Å². The molecule has 2 amide bonds. The molecular weight excluding hydrogens is 480 g/mol. The molecule has 37 heavy (non-hydrogen) atoms. The minimum absolute atomic E-state index is 0.0463. The first-order valence-electron chi connectivity index (χ1n) is 13.8. The van der Waals surface area contributed by atoms with Crippen molar-refractivity contribution >= 4 is 40.5 Å². The Hall–Kier alpha value is -2.93. The molecule has 1 heterocycles. The van der Waals surface area contributed by atoms with Gasteiger partial charge >= 0.3 is 0 Å². The molecule has 0 aromatic heterocycles. The summed E-state index contributed by atoms with van der Waals surface area (Å²) in [5, 5.41) is 6.63. The summed E-state index contributed by atoms with van der Waals surface area (Å²) in [7, 11) is 0. The number of nitrogens with zero attached hydrogens (tertiary/aromatic N) is 2. The summed E-state index contributed by atoms with van der Waals surface area (Å²) in [6.45, 7) is 2.80. The van der Waals surface area contributed by atoms with E-state index in [9.17, 15) is 9.59 Å². The van der Waals surface area contributed by atoms with Crippen LogP contribution in [-0.2, 0) is 4.79 Å². The third kappa shape index (κ3) is 5.24. The Bertz CT molecular complexity index is 1140. The molecule has 0 atom stereocenters. The maximum Gasteiger partial charge on any atom is 0.253 e. The lowest BCUT2D eigenvalue weighted by Crippen LogP contribution is -2.49. The second kappa shape index (κ2) is 10.1. The normalized spacial score (nSPS) is 28.2. The van der Waals surface area contributed by atoms with Gasteiger partial charge in [-0.1, -0.05) is 30.3 Å². The second-order valence-electron chi connectivity index (χ2n) is 11.8. The molecule has 194 valence electrons. The molecule has 4 saturated carbocycles. The van der Waals surface area contributed by atoms with Gasteiger partial charge in [0.05, 0.1) is 11.4 Å². The maximum atomic E-state index is 13.0. The van der Waals surface area contributed by atoms with Gasteiger partial charge in [0, 0.05) is 38.2 Å². The van der Waals surface area contributed by atoms with E-state index in [0.29, 0.717) is 24.6 Å². The van der Waals surface area contributed by atoms with E-state index >= 15 is 0 Å². The van der Waals surface area contributed by atoms with Gasteiger partial charge in [0.15, 0.2) is 5.11 Å². The number of hydrogen-bond donors (Lipinski definition) is 2. The van der Waals surface area contributed by atoms with Crippen LogP contribution in [0.2, 0.25) is 0 Å². The average molecular weight is 517 g/mol. The van der Waals surface area contributed by atoms with E-state index < -0.39 is 0 Å². The van der Waals surface area contributed by atoms with Gasteiger partial charge < -0.3 is 20.4 Å². The smallest absolute Gasteiger partial charge is 0.253 e. The lowest BCUT2D eigenvalue weighted by molar-refractivity contribution is -0.127. The van der Waals surface area contributed by atoms with Crippen LogP contribution in [0.3, 0.4) is 0 Å². The van der Waals surface area contributed by atoms with Gasteiger partial charge in [-0.05, 0) is 98.2 Å².